The molecule has 142 valence electrons. The highest BCUT2D eigenvalue weighted by atomic mass is 32.2. The highest BCUT2D eigenvalue weighted by Gasteiger charge is 2.20. The van der Waals surface area contributed by atoms with Gasteiger partial charge in [0.1, 0.15) is 11.5 Å². The maximum atomic E-state index is 12.6. The molecule has 0 fully saturated rings. The molecule has 7 heteroatoms. The van der Waals surface area contributed by atoms with Gasteiger partial charge in [0, 0.05) is 5.56 Å². The predicted octanol–water partition coefficient (Wildman–Crippen LogP) is 4.59. The van der Waals surface area contributed by atoms with Crippen LogP contribution in [0.5, 0.6) is 0 Å². The lowest BCUT2D eigenvalue weighted by atomic mass is 10.1. The highest BCUT2D eigenvalue weighted by molar-refractivity contribution is 7.90. The van der Waals surface area contributed by atoms with Crippen molar-refractivity contribution in [2.24, 2.45) is 0 Å². The Labute approximate surface area is 162 Å². The molecule has 4 rings (SSSR count). The molecule has 4 aromatic rings. The van der Waals surface area contributed by atoms with Gasteiger partial charge in [0.2, 0.25) is 5.82 Å². The van der Waals surface area contributed by atoms with Crippen molar-refractivity contribution in [2.45, 2.75) is 24.5 Å². The van der Waals surface area contributed by atoms with E-state index < -0.39 is 9.84 Å². The Morgan fingerprint density at radius 1 is 0.929 bits per heavy atom. The van der Waals surface area contributed by atoms with Gasteiger partial charge >= 0.3 is 0 Å². The van der Waals surface area contributed by atoms with E-state index >= 15 is 0 Å². The minimum atomic E-state index is -3.50. The summed E-state index contributed by atoms with van der Waals surface area (Å²) in [6, 6.07) is 17.7. The number of furan rings is 1. The zero-order valence-electron chi connectivity index (χ0n) is 15.4. The zero-order valence-corrected chi connectivity index (χ0v) is 16.2. The van der Waals surface area contributed by atoms with Crippen LogP contribution in [0.1, 0.15) is 16.9 Å². The molecule has 0 radical (unpaired) electrons. The fraction of sp³-hybridized carbons (Fsp3) is 0.143. The molecule has 28 heavy (non-hydrogen) atoms. The molecule has 0 atom stereocenters. The third kappa shape index (κ3) is 3.61. The number of rotatable bonds is 5. The molecule has 2 heterocycles. The number of aryl methyl sites for hydroxylation is 2. The first kappa shape index (κ1) is 18.2. The van der Waals surface area contributed by atoms with Gasteiger partial charge in [-0.15, -0.1) is 0 Å². The topological polar surface area (TPSA) is 86.2 Å². The molecule has 0 saturated carbocycles. The van der Waals surface area contributed by atoms with E-state index in [0.717, 1.165) is 16.7 Å². The third-order valence-electron chi connectivity index (χ3n) is 4.40. The van der Waals surface area contributed by atoms with Gasteiger partial charge in [0.05, 0.1) is 4.90 Å². The van der Waals surface area contributed by atoms with Crippen LogP contribution in [-0.4, -0.2) is 18.6 Å². The first-order chi connectivity index (χ1) is 13.4. The fourth-order valence-electron chi connectivity index (χ4n) is 2.84. The summed E-state index contributed by atoms with van der Waals surface area (Å²) in [5, 5.41) is 4.00. The second kappa shape index (κ2) is 7.09. The number of nitrogens with zero attached hydrogens (tertiary/aromatic N) is 2. The van der Waals surface area contributed by atoms with Crippen LogP contribution in [0.15, 0.2) is 74.5 Å². The van der Waals surface area contributed by atoms with Crippen LogP contribution < -0.4 is 0 Å². The van der Waals surface area contributed by atoms with Crippen molar-refractivity contribution >= 4 is 9.84 Å². The summed E-state index contributed by atoms with van der Waals surface area (Å²) in [6.07, 6.45) is 0. The number of hydrogen-bond acceptors (Lipinski definition) is 6. The van der Waals surface area contributed by atoms with Gasteiger partial charge in [-0.3, -0.25) is 0 Å². The van der Waals surface area contributed by atoms with E-state index in [-0.39, 0.29) is 16.5 Å². The van der Waals surface area contributed by atoms with Crippen molar-refractivity contribution in [1.82, 2.24) is 10.1 Å². The van der Waals surface area contributed by atoms with Crippen LogP contribution >= 0.6 is 0 Å². The molecule has 0 N–H and O–H groups in total. The van der Waals surface area contributed by atoms with Crippen molar-refractivity contribution in [1.29, 1.82) is 0 Å². The molecule has 0 bridgehead atoms. The van der Waals surface area contributed by atoms with Gasteiger partial charge in [-0.2, -0.15) is 4.98 Å². The summed E-state index contributed by atoms with van der Waals surface area (Å²) in [5.41, 5.74) is 2.89. The van der Waals surface area contributed by atoms with Crippen LogP contribution in [0.2, 0.25) is 0 Å². The van der Waals surface area contributed by atoms with Gasteiger partial charge in [-0.25, -0.2) is 8.42 Å². The quantitative estimate of drug-likeness (QED) is 0.492. The molecule has 0 saturated heterocycles. The first-order valence-electron chi connectivity index (χ1n) is 8.70. The lowest BCUT2D eigenvalue weighted by Crippen LogP contribution is -2.04. The van der Waals surface area contributed by atoms with Gasteiger partial charge in [0.15, 0.2) is 15.6 Å². The summed E-state index contributed by atoms with van der Waals surface area (Å²) in [5.74, 6) is 1.07. The molecule has 2 aromatic carbocycles. The summed E-state index contributed by atoms with van der Waals surface area (Å²) in [6.45, 7) is 3.87. The summed E-state index contributed by atoms with van der Waals surface area (Å²) in [4.78, 5) is 4.63. The Morgan fingerprint density at radius 3 is 2.43 bits per heavy atom. The first-order valence-corrected chi connectivity index (χ1v) is 10.4. The normalized spacial score (nSPS) is 11.6. The van der Waals surface area contributed by atoms with E-state index in [0.29, 0.717) is 17.3 Å². The molecule has 0 amide bonds. The zero-order chi connectivity index (χ0) is 19.7. The summed E-state index contributed by atoms with van der Waals surface area (Å²) in [7, 11) is -3.50. The largest absolute Gasteiger partial charge is 0.455 e. The molecular formula is C21H18N2O4S. The number of aromatic nitrogens is 2. The standard InChI is InChI=1S/C21H18N2O4S/c1-14-7-10-17(11-8-14)28(24,25)13-16-9-12-19(26-16)21-22-20(23-27-21)18-6-4-3-5-15(18)2/h3-12H,13H2,1-2H3. The maximum absolute atomic E-state index is 12.6. The van der Waals surface area contributed by atoms with E-state index in [4.69, 9.17) is 8.94 Å². The Bertz CT molecular complexity index is 1220. The van der Waals surface area contributed by atoms with Crippen molar-refractivity contribution in [3.63, 3.8) is 0 Å². The molecule has 2 aromatic heterocycles. The van der Waals surface area contributed by atoms with E-state index in [1.54, 1.807) is 36.4 Å². The Kier molecular flexibility index (Phi) is 4.60. The lowest BCUT2D eigenvalue weighted by Gasteiger charge is -2.03. The van der Waals surface area contributed by atoms with Crippen LogP contribution in [0.25, 0.3) is 23.0 Å². The predicted molar refractivity (Wildman–Crippen MR) is 104 cm³/mol. The van der Waals surface area contributed by atoms with Crippen LogP contribution in [0.3, 0.4) is 0 Å². The Morgan fingerprint density at radius 2 is 1.68 bits per heavy atom. The lowest BCUT2D eigenvalue weighted by molar-refractivity contribution is 0.413. The van der Waals surface area contributed by atoms with Gasteiger partial charge < -0.3 is 8.94 Å². The van der Waals surface area contributed by atoms with Gasteiger partial charge in [0.25, 0.3) is 5.89 Å². The third-order valence-corrected chi connectivity index (χ3v) is 6.05. The van der Waals surface area contributed by atoms with E-state index in [2.05, 4.69) is 10.1 Å². The van der Waals surface area contributed by atoms with E-state index in [1.807, 2.05) is 38.1 Å². The van der Waals surface area contributed by atoms with Crippen LogP contribution in [0, 0.1) is 13.8 Å². The minimum Gasteiger partial charge on any atom is -0.455 e. The molecule has 0 aliphatic rings. The van der Waals surface area contributed by atoms with Gasteiger partial charge in [-0.05, 0) is 43.7 Å². The van der Waals surface area contributed by atoms with Crippen LogP contribution in [0.4, 0.5) is 0 Å². The van der Waals surface area contributed by atoms with Crippen molar-refractivity contribution < 1.29 is 17.4 Å². The van der Waals surface area contributed by atoms with Crippen molar-refractivity contribution in [3.8, 4) is 23.0 Å². The second-order valence-electron chi connectivity index (χ2n) is 6.58. The maximum Gasteiger partial charge on any atom is 0.293 e. The highest BCUT2D eigenvalue weighted by Crippen LogP contribution is 2.27. The summed E-state index contributed by atoms with van der Waals surface area (Å²) >= 11 is 0. The molecule has 0 unspecified atom stereocenters. The average Bonchev–Trinajstić information content (AvgIpc) is 3.31. The Balaban J connectivity index is 1.57. The summed E-state index contributed by atoms with van der Waals surface area (Å²) < 4.78 is 36.1. The number of hydrogen-bond donors (Lipinski definition) is 0. The fourth-order valence-corrected chi connectivity index (χ4v) is 4.09. The van der Waals surface area contributed by atoms with Crippen molar-refractivity contribution in [3.05, 3.63) is 77.6 Å². The van der Waals surface area contributed by atoms with Crippen LogP contribution in [-0.2, 0) is 15.6 Å². The van der Waals surface area contributed by atoms with E-state index in [9.17, 15) is 8.42 Å². The molecule has 0 aliphatic heterocycles. The minimum absolute atomic E-state index is 0.206. The SMILES string of the molecule is Cc1ccc(S(=O)(=O)Cc2ccc(-c3nc(-c4ccccc4C)no3)o2)cc1. The van der Waals surface area contributed by atoms with E-state index in [1.165, 1.54) is 0 Å². The smallest absolute Gasteiger partial charge is 0.293 e. The molecule has 0 aliphatic carbocycles. The average molecular weight is 394 g/mol. The van der Waals surface area contributed by atoms with Gasteiger partial charge in [-0.1, -0.05) is 47.1 Å². The second-order valence-corrected chi connectivity index (χ2v) is 8.57. The molecular weight excluding hydrogens is 376 g/mol. The Hall–Kier alpha value is -3.19. The molecule has 0 spiro atoms. The van der Waals surface area contributed by atoms with Crippen molar-refractivity contribution in [2.75, 3.05) is 0 Å². The number of sulfone groups is 1. The molecule has 6 nitrogen and oxygen atoms in total. The number of benzene rings is 2. The monoisotopic (exact) mass is 394 g/mol.